The van der Waals surface area contributed by atoms with Gasteiger partial charge in [-0.1, -0.05) is 11.3 Å². The summed E-state index contributed by atoms with van der Waals surface area (Å²) in [5.41, 5.74) is 2.41. The molecular weight excluding hydrogens is 547 g/mol. The number of aromatic nitrogens is 1. The number of nitrogens with one attached hydrogen (secondary N) is 1. The molecule has 1 aliphatic carbocycles. The Hall–Kier alpha value is -2.67. The van der Waals surface area contributed by atoms with Gasteiger partial charge in [-0.2, -0.15) is 4.99 Å². The molecule has 1 N–H and O–H groups in total. The summed E-state index contributed by atoms with van der Waals surface area (Å²) >= 11 is 4.04. The molecule has 1 aliphatic rings. The number of benzene rings is 1. The van der Waals surface area contributed by atoms with Crippen LogP contribution in [0.4, 0.5) is 5.00 Å². The lowest BCUT2D eigenvalue weighted by molar-refractivity contribution is -0.115. The molecule has 9 nitrogen and oxygen atoms in total. The second-order valence-corrected chi connectivity index (χ2v) is 11.6. The van der Waals surface area contributed by atoms with E-state index in [0.29, 0.717) is 35.1 Å². The summed E-state index contributed by atoms with van der Waals surface area (Å²) in [5, 5.41) is 3.39. The van der Waals surface area contributed by atoms with E-state index in [-0.39, 0.29) is 23.3 Å². The van der Waals surface area contributed by atoms with E-state index in [1.54, 1.807) is 7.11 Å². The molecule has 2 amide bonds. The van der Waals surface area contributed by atoms with Crippen LogP contribution in [0, 0.1) is 0 Å². The Balaban J connectivity index is 1.41. The number of amides is 2. The zero-order valence-electron chi connectivity index (χ0n) is 21.7. The summed E-state index contributed by atoms with van der Waals surface area (Å²) in [5.74, 6) is -0.169. The smallest absolute Gasteiger partial charge is 0.341 e. The molecule has 204 valence electrons. The first-order valence-electron chi connectivity index (χ1n) is 12.4. The number of aryl methyl sites for hydroxylation is 1. The molecular formula is C26H31N3O6S3. The Bertz CT molecular complexity index is 1390. The molecule has 0 saturated carbocycles. The molecule has 0 spiro atoms. The van der Waals surface area contributed by atoms with E-state index in [0.717, 1.165) is 52.1 Å². The number of anilines is 1. The number of carbonyl (C=O) groups excluding carboxylic acids is 3. The second kappa shape index (κ2) is 13.4. The number of methoxy groups -OCH3 is 2. The number of nitrogens with zero attached hydrogens (tertiary/aromatic N) is 2. The van der Waals surface area contributed by atoms with Gasteiger partial charge in [-0.25, -0.2) is 4.79 Å². The minimum Gasteiger partial charge on any atom is -0.497 e. The summed E-state index contributed by atoms with van der Waals surface area (Å²) in [7, 11) is 2.96. The molecule has 2 heterocycles. The third-order valence-electron chi connectivity index (χ3n) is 6.05. The predicted molar refractivity (Wildman–Crippen MR) is 152 cm³/mol. The van der Waals surface area contributed by atoms with Crippen LogP contribution in [0.15, 0.2) is 23.2 Å². The largest absolute Gasteiger partial charge is 0.497 e. The van der Waals surface area contributed by atoms with E-state index in [1.807, 2.05) is 29.7 Å². The third-order valence-corrected chi connectivity index (χ3v) is 9.21. The molecule has 12 heteroatoms. The maximum absolute atomic E-state index is 12.7. The van der Waals surface area contributed by atoms with E-state index in [2.05, 4.69) is 10.3 Å². The molecule has 0 saturated heterocycles. The van der Waals surface area contributed by atoms with Gasteiger partial charge in [0.25, 0.3) is 5.91 Å². The Morgan fingerprint density at radius 2 is 1.95 bits per heavy atom. The SMILES string of the molecule is CCOCCn1c(=NC(=O)CSCC(=O)Nc2sc3c(c2C(=O)OC)CCCC3)sc2cc(OC)ccc21. The summed E-state index contributed by atoms with van der Waals surface area (Å²) < 4.78 is 18.7. The molecule has 0 radical (unpaired) electrons. The topological polar surface area (TPSA) is 108 Å². The van der Waals surface area contributed by atoms with Crippen LogP contribution in [0.3, 0.4) is 0 Å². The van der Waals surface area contributed by atoms with Crippen molar-refractivity contribution in [3.8, 4) is 5.75 Å². The molecule has 1 aromatic carbocycles. The first-order chi connectivity index (χ1) is 18.4. The van der Waals surface area contributed by atoms with Gasteiger partial charge in [0.1, 0.15) is 10.8 Å². The fraction of sp³-hybridized carbons (Fsp3) is 0.462. The summed E-state index contributed by atoms with van der Waals surface area (Å²) in [6.45, 7) is 3.61. The van der Waals surface area contributed by atoms with Gasteiger partial charge in [0.2, 0.25) is 5.91 Å². The van der Waals surface area contributed by atoms with Crippen molar-refractivity contribution in [3.05, 3.63) is 39.0 Å². The van der Waals surface area contributed by atoms with Crippen LogP contribution in [0.25, 0.3) is 10.2 Å². The highest BCUT2D eigenvalue weighted by Crippen LogP contribution is 2.38. The quantitative estimate of drug-likeness (QED) is 0.268. The number of rotatable bonds is 11. The summed E-state index contributed by atoms with van der Waals surface area (Å²) in [6.07, 6.45) is 3.80. The molecule has 0 unspecified atom stereocenters. The fourth-order valence-corrected chi connectivity index (χ4v) is 7.28. The number of hydrogen-bond acceptors (Lipinski definition) is 9. The van der Waals surface area contributed by atoms with E-state index >= 15 is 0 Å². The van der Waals surface area contributed by atoms with Crippen molar-refractivity contribution in [3.63, 3.8) is 0 Å². The lowest BCUT2D eigenvalue weighted by Crippen LogP contribution is -2.20. The number of thiazole rings is 1. The molecule has 0 atom stereocenters. The molecule has 4 rings (SSSR count). The van der Waals surface area contributed by atoms with Crippen molar-refractivity contribution < 1.29 is 28.6 Å². The number of hydrogen-bond donors (Lipinski definition) is 1. The molecule has 0 fully saturated rings. The Kier molecular flexibility index (Phi) is 10.0. The van der Waals surface area contributed by atoms with Gasteiger partial charge in [-0.05, 0) is 56.4 Å². The number of carbonyl (C=O) groups is 3. The van der Waals surface area contributed by atoms with Gasteiger partial charge < -0.3 is 24.1 Å². The highest BCUT2D eigenvalue weighted by Gasteiger charge is 2.27. The van der Waals surface area contributed by atoms with Crippen LogP contribution in [-0.2, 0) is 38.4 Å². The van der Waals surface area contributed by atoms with E-state index in [9.17, 15) is 14.4 Å². The van der Waals surface area contributed by atoms with Gasteiger partial charge >= 0.3 is 5.97 Å². The number of esters is 1. The first kappa shape index (κ1) is 28.3. The lowest BCUT2D eigenvalue weighted by atomic mass is 9.95. The van der Waals surface area contributed by atoms with Crippen molar-refractivity contribution in [2.45, 2.75) is 39.2 Å². The minimum atomic E-state index is -0.431. The number of ether oxygens (including phenoxy) is 3. The van der Waals surface area contributed by atoms with Gasteiger partial charge in [0.15, 0.2) is 4.80 Å². The lowest BCUT2D eigenvalue weighted by Gasteiger charge is -2.11. The van der Waals surface area contributed by atoms with Gasteiger partial charge in [-0.15, -0.1) is 23.1 Å². The fourth-order valence-electron chi connectivity index (χ4n) is 4.29. The van der Waals surface area contributed by atoms with Crippen LogP contribution in [0.2, 0.25) is 0 Å². The Morgan fingerprint density at radius 1 is 1.13 bits per heavy atom. The van der Waals surface area contributed by atoms with Gasteiger partial charge in [0.05, 0.1) is 48.1 Å². The van der Waals surface area contributed by atoms with Gasteiger partial charge in [-0.3, -0.25) is 9.59 Å². The van der Waals surface area contributed by atoms with Crippen molar-refractivity contribution in [2.24, 2.45) is 4.99 Å². The molecule has 0 bridgehead atoms. The monoisotopic (exact) mass is 577 g/mol. The highest BCUT2D eigenvalue weighted by atomic mass is 32.2. The number of thioether (sulfide) groups is 1. The first-order valence-corrected chi connectivity index (χ1v) is 15.2. The van der Waals surface area contributed by atoms with Gasteiger partial charge in [0, 0.05) is 18.0 Å². The average molecular weight is 578 g/mol. The van der Waals surface area contributed by atoms with Crippen molar-refractivity contribution in [2.75, 3.05) is 44.3 Å². The molecule has 3 aromatic rings. The number of thiophene rings is 1. The molecule has 2 aromatic heterocycles. The van der Waals surface area contributed by atoms with E-state index < -0.39 is 5.97 Å². The Morgan fingerprint density at radius 3 is 2.71 bits per heavy atom. The maximum Gasteiger partial charge on any atom is 0.341 e. The Labute approximate surface area is 233 Å². The maximum atomic E-state index is 12.7. The zero-order valence-corrected chi connectivity index (χ0v) is 24.1. The zero-order chi connectivity index (χ0) is 27.1. The second-order valence-electron chi connectivity index (χ2n) is 8.52. The number of fused-ring (bicyclic) bond motifs is 2. The minimum absolute atomic E-state index is 0.0568. The van der Waals surface area contributed by atoms with E-state index in [4.69, 9.17) is 14.2 Å². The predicted octanol–water partition coefficient (Wildman–Crippen LogP) is 4.27. The third kappa shape index (κ3) is 6.66. The van der Waals surface area contributed by atoms with Crippen molar-refractivity contribution in [1.29, 1.82) is 0 Å². The van der Waals surface area contributed by atoms with Crippen LogP contribution in [-0.4, -0.2) is 61.3 Å². The van der Waals surface area contributed by atoms with Crippen molar-refractivity contribution >= 4 is 67.4 Å². The molecule has 38 heavy (non-hydrogen) atoms. The van der Waals surface area contributed by atoms with Crippen LogP contribution in [0.1, 0.15) is 40.6 Å². The van der Waals surface area contributed by atoms with E-state index in [1.165, 1.54) is 41.5 Å². The summed E-state index contributed by atoms with van der Waals surface area (Å²) in [4.78, 5) is 43.8. The van der Waals surface area contributed by atoms with Crippen LogP contribution >= 0.6 is 34.4 Å². The van der Waals surface area contributed by atoms with Crippen LogP contribution < -0.4 is 14.9 Å². The van der Waals surface area contributed by atoms with Crippen LogP contribution in [0.5, 0.6) is 5.75 Å². The molecule has 0 aliphatic heterocycles. The summed E-state index contributed by atoms with van der Waals surface area (Å²) in [6, 6.07) is 5.75. The normalized spacial score (nSPS) is 13.4. The van der Waals surface area contributed by atoms with Crippen molar-refractivity contribution in [1.82, 2.24) is 4.57 Å². The standard InChI is InChI=1S/C26H31N3O6S3/c1-4-35-12-11-29-18-10-9-16(33-2)13-20(18)38-26(29)28-22(31)15-36-14-21(30)27-24-23(25(32)34-3)17-7-5-6-8-19(17)37-24/h9-10,13H,4-8,11-12,14-15H2,1-3H3,(H,27,30). The highest BCUT2D eigenvalue weighted by molar-refractivity contribution is 8.00. The average Bonchev–Trinajstić information content (AvgIpc) is 3.44.